The number of hydrogen-bond acceptors (Lipinski definition) is 5. The van der Waals surface area contributed by atoms with E-state index in [0.29, 0.717) is 37.2 Å². The van der Waals surface area contributed by atoms with E-state index >= 15 is 0 Å². The molecule has 0 heterocycles. The van der Waals surface area contributed by atoms with Crippen molar-refractivity contribution in [3.05, 3.63) is 18.2 Å². The van der Waals surface area contributed by atoms with Gasteiger partial charge in [0, 0.05) is 32.5 Å². The smallest absolute Gasteiger partial charge is 0.239 e. The van der Waals surface area contributed by atoms with Gasteiger partial charge in [-0.2, -0.15) is 0 Å². The molecule has 0 fully saturated rings. The number of methoxy groups -OCH3 is 2. The minimum atomic E-state index is -0.139. The fraction of sp³-hybridized carbons (Fsp3) is 0.500. The van der Waals surface area contributed by atoms with Gasteiger partial charge in [-0.05, 0) is 19.1 Å². The monoisotopic (exact) mass is 466 g/mol. The van der Waals surface area contributed by atoms with Gasteiger partial charge in [0.05, 0.1) is 26.9 Å². The normalized spacial score (nSPS) is 10.5. The number of carbonyl (C=O) groups is 1. The van der Waals surface area contributed by atoms with Crippen LogP contribution >= 0.6 is 24.0 Å². The summed E-state index contributed by atoms with van der Waals surface area (Å²) in [7, 11) is 4.81. The molecule has 9 heteroatoms. The Morgan fingerprint density at radius 3 is 2.56 bits per heavy atom. The van der Waals surface area contributed by atoms with E-state index < -0.39 is 0 Å². The van der Waals surface area contributed by atoms with Crippen LogP contribution in [0.1, 0.15) is 6.92 Å². The van der Waals surface area contributed by atoms with E-state index in [1.165, 1.54) is 0 Å². The van der Waals surface area contributed by atoms with Crippen LogP contribution in [0, 0.1) is 0 Å². The number of amides is 1. The Bertz CT molecular complexity index is 555. The molecule has 1 aromatic rings. The average Bonchev–Trinajstić information content (AvgIpc) is 2.59. The molecule has 1 aromatic carbocycles. The number of rotatable bonds is 9. The molecular formula is C16H27IN4O4. The Morgan fingerprint density at radius 2 is 1.96 bits per heavy atom. The molecule has 1 rings (SSSR count). The number of hydrogen-bond donors (Lipinski definition) is 3. The van der Waals surface area contributed by atoms with Gasteiger partial charge in [-0.3, -0.25) is 9.79 Å². The van der Waals surface area contributed by atoms with Gasteiger partial charge >= 0.3 is 0 Å². The second-order valence-electron chi connectivity index (χ2n) is 4.69. The molecule has 25 heavy (non-hydrogen) atoms. The second kappa shape index (κ2) is 13.5. The molecule has 0 aromatic heterocycles. The van der Waals surface area contributed by atoms with E-state index in [1.807, 2.05) is 19.1 Å². The topological polar surface area (TPSA) is 93.2 Å². The summed E-state index contributed by atoms with van der Waals surface area (Å²) in [6, 6.07) is 5.46. The minimum absolute atomic E-state index is 0. The van der Waals surface area contributed by atoms with Crippen molar-refractivity contribution in [2.45, 2.75) is 6.92 Å². The van der Waals surface area contributed by atoms with E-state index in [9.17, 15) is 4.79 Å². The third-order valence-electron chi connectivity index (χ3n) is 2.99. The largest absolute Gasteiger partial charge is 0.493 e. The quantitative estimate of drug-likeness (QED) is 0.221. The van der Waals surface area contributed by atoms with Crippen LogP contribution in [0.5, 0.6) is 11.5 Å². The molecule has 0 spiro atoms. The molecule has 8 nitrogen and oxygen atoms in total. The number of anilines is 1. The van der Waals surface area contributed by atoms with Crippen molar-refractivity contribution in [2.75, 3.05) is 52.9 Å². The minimum Gasteiger partial charge on any atom is -0.493 e. The van der Waals surface area contributed by atoms with Crippen LogP contribution in [-0.4, -0.2) is 59.4 Å². The van der Waals surface area contributed by atoms with E-state index in [1.54, 1.807) is 27.3 Å². The van der Waals surface area contributed by atoms with Crippen LogP contribution in [0.3, 0.4) is 0 Å². The predicted molar refractivity (Wildman–Crippen MR) is 109 cm³/mol. The van der Waals surface area contributed by atoms with Crippen molar-refractivity contribution in [2.24, 2.45) is 4.99 Å². The number of aliphatic imine (C=N–C) groups is 1. The summed E-state index contributed by atoms with van der Waals surface area (Å²) in [6.45, 7) is 3.50. The Labute approximate surface area is 165 Å². The summed E-state index contributed by atoms with van der Waals surface area (Å²) >= 11 is 0. The Morgan fingerprint density at radius 1 is 1.20 bits per heavy atom. The van der Waals surface area contributed by atoms with Crippen molar-refractivity contribution in [3.63, 3.8) is 0 Å². The zero-order chi connectivity index (χ0) is 17.8. The number of halogens is 1. The third-order valence-corrected chi connectivity index (χ3v) is 2.99. The number of benzene rings is 1. The number of nitrogens with one attached hydrogen (secondary N) is 3. The van der Waals surface area contributed by atoms with E-state index in [2.05, 4.69) is 20.9 Å². The van der Waals surface area contributed by atoms with Crippen LogP contribution in [-0.2, 0) is 9.53 Å². The molecule has 1 amide bonds. The third kappa shape index (κ3) is 8.77. The summed E-state index contributed by atoms with van der Waals surface area (Å²) in [4.78, 5) is 15.8. The van der Waals surface area contributed by atoms with E-state index in [4.69, 9.17) is 14.2 Å². The first-order valence-corrected chi connectivity index (χ1v) is 7.68. The maximum Gasteiger partial charge on any atom is 0.239 e. The standard InChI is InChI=1S/C16H26N4O4.HI/c1-5-24-14-10-12(6-7-13(14)23-4)20-16(17-2)19-11-15(21)18-8-9-22-3;/h6-7,10H,5,8-9,11H2,1-4H3,(H,18,21)(H2,17,19,20);1H. The van der Waals surface area contributed by atoms with Crippen molar-refractivity contribution < 1.29 is 19.0 Å². The molecule has 0 aliphatic heterocycles. The van der Waals surface area contributed by atoms with Gasteiger partial charge in [0.1, 0.15) is 0 Å². The zero-order valence-electron chi connectivity index (χ0n) is 15.0. The van der Waals surface area contributed by atoms with Gasteiger partial charge in [-0.15, -0.1) is 24.0 Å². The summed E-state index contributed by atoms with van der Waals surface area (Å²) in [5.41, 5.74) is 0.771. The van der Waals surface area contributed by atoms with Gasteiger partial charge < -0.3 is 30.2 Å². The van der Waals surface area contributed by atoms with Crippen molar-refractivity contribution in [3.8, 4) is 11.5 Å². The Hall–Kier alpha value is -1.75. The summed E-state index contributed by atoms with van der Waals surface area (Å²) in [6.07, 6.45) is 0. The summed E-state index contributed by atoms with van der Waals surface area (Å²) < 4.78 is 15.7. The van der Waals surface area contributed by atoms with Crippen molar-refractivity contribution >= 4 is 41.5 Å². The Balaban J connectivity index is 0.00000576. The first-order valence-electron chi connectivity index (χ1n) is 7.68. The van der Waals surface area contributed by atoms with Crippen LogP contribution in [0.2, 0.25) is 0 Å². The lowest BCUT2D eigenvalue weighted by Crippen LogP contribution is -2.40. The highest BCUT2D eigenvalue weighted by atomic mass is 127. The molecule has 0 unspecified atom stereocenters. The van der Waals surface area contributed by atoms with E-state index in [0.717, 1.165) is 5.69 Å². The molecule has 0 saturated heterocycles. The number of carbonyl (C=O) groups excluding carboxylic acids is 1. The van der Waals surface area contributed by atoms with Crippen LogP contribution in [0.15, 0.2) is 23.2 Å². The fourth-order valence-corrected chi connectivity index (χ4v) is 1.86. The van der Waals surface area contributed by atoms with Gasteiger partial charge in [0.15, 0.2) is 17.5 Å². The highest BCUT2D eigenvalue weighted by Crippen LogP contribution is 2.30. The lowest BCUT2D eigenvalue weighted by atomic mass is 10.2. The molecule has 0 bridgehead atoms. The van der Waals surface area contributed by atoms with Crippen molar-refractivity contribution in [1.82, 2.24) is 10.6 Å². The lowest BCUT2D eigenvalue weighted by Gasteiger charge is -2.14. The lowest BCUT2D eigenvalue weighted by molar-refractivity contribution is -0.120. The first-order chi connectivity index (χ1) is 11.6. The molecule has 0 saturated carbocycles. The van der Waals surface area contributed by atoms with Crippen LogP contribution < -0.4 is 25.4 Å². The van der Waals surface area contributed by atoms with Gasteiger partial charge in [-0.25, -0.2) is 0 Å². The summed E-state index contributed by atoms with van der Waals surface area (Å²) in [5, 5.41) is 8.76. The maximum atomic E-state index is 11.7. The molecule has 142 valence electrons. The average molecular weight is 466 g/mol. The van der Waals surface area contributed by atoms with Crippen molar-refractivity contribution in [1.29, 1.82) is 0 Å². The number of ether oxygens (including phenoxy) is 3. The molecule has 0 atom stereocenters. The predicted octanol–water partition coefficient (Wildman–Crippen LogP) is 1.46. The Kier molecular flexibility index (Phi) is 12.6. The van der Waals surface area contributed by atoms with E-state index in [-0.39, 0.29) is 36.4 Å². The second-order valence-corrected chi connectivity index (χ2v) is 4.69. The zero-order valence-corrected chi connectivity index (χ0v) is 17.4. The SMILES string of the molecule is CCOc1cc(NC(=NC)NCC(=O)NCCOC)ccc1OC.I. The summed E-state index contributed by atoms with van der Waals surface area (Å²) in [5.74, 6) is 1.63. The van der Waals surface area contributed by atoms with Crippen LogP contribution in [0.4, 0.5) is 5.69 Å². The highest BCUT2D eigenvalue weighted by Gasteiger charge is 2.08. The molecule has 0 aliphatic carbocycles. The molecular weight excluding hydrogens is 439 g/mol. The molecule has 0 aliphatic rings. The van der Waals surface area contributed by atoms with Gasteiger partial charge in [0.2, 0.25) is 5.91 Å². The highest BCUT2D eigenvalue weighted by molar-refractivity contribution is 14.0. The molecule has 3 N–H and O–H groups in total. The fourth-order valence-electron chi connectivity index (χ4n) is 1.86. The van der Waals surface area contributed by atoms with Crippen LogP contribution in [0.25, 0.3) is 0 Å². The molecule has 0 radical (unpaired) electrons. The van der Waals surface area contributed by atoms with Gasteiger partial charge in [0.25, 0.3) is 0 Å². The maximum absolute atomic E-state index is 11.7. The first kappa shape index (κ1) is 23.2. The number of guanidine groups is 1. The number of nitrogens with zero attached hydrogens (tertiary/aromatic N) is 1. The van der Waals surface area contributed by atoms with Gasteiger partial charge in [-0.1, -0.05) is 0 Å².